The normalized spacial score (nSPS) is 9.56. The van der Waals surface area contributed by atoms with Crippen molar-refractivity contribution >= 4 is 6.09 Å². The van der Waals surface area contributed by atoms with Crippen molar-refractivity contribution in [2.24, 2.45) is 0 Å². The molecule has 3 heteroatoms. The van der Waals surface area contributed by atoms with Gasteiger partial charge in [0.2, 0.25) is 0 Å². The molecule has 0 aliphatic heterocycles. The molecule has 86 valence electrons. The van der Waals surface area contributed by atoms with Crippen LogP contribution in [0.4, 0.5) is 4.79 Å². The van der Waals surface area contributed by atoms with Crippen LogP contribution in [0.1, 0.15) is 13.3 Å². The smallest absolute Gasteiger partial charge is 0.410 e. The third kappa shape index (κ3) is 3.77. The fourth-order valence-electron chi connectivity index (χ4n) is 1.34. The highest BCUT2D eigenvalue weighted by atomic mass is 16.6. The molecule has 0 fully saturated rings. The van der Waals surface area contributed by atoms with E-state index < -0.39 is 0 Å². The van der Waals surface area contributed by atoms with E-state index in [2.05, 4.69) is 6.58 Å². The van der Waals surface area contributed by atoms with E-state index in [1.54, 1.807) is 23.1 Å². The first kappa shape index (κ1) is 12.3. The Morgan fingerprint density at radius 3 is 2.69 bits per heavy atom. The number of rotatable bonds is 5. The molecule has 0 aliphatic carbocycles. The molecule has 0 saturated carbocycles. The average molecular weight is 219 g/mol. The topological polar surface area (TPSA) is 29.5 Å². The number of hydrogen-bond donors (Lipinski definition) is 0. The molecule has 1 rings (SSSR count). The summed E-state index contributed by atoms with van der Waals surface area (Å²) in [6.07, 6.45) is 2.27. The lowest BCUT2D eigenvalue weighted by Crippen LogP contribution is -2.34. The number of benzene rings is 1. The van der Waals surface area contributed by atoms with Crippen molar-refractivity contribution in [1.29, 1.82) is 0 Å². The van der Waals surface area contributed by atoms with Gasteiger partial charge in [-0.05, 0) is 18.6 Å². The van der Waals surface area contributed by atoms with Crippen LogP contribution < -0.4 is 4.74 Å². The minimum atomic E-state index is -0.326. The van der Waals surface area contributed by atoms with E-state index in [1.807, 2.05) is 25.1 Å². The summed E-state index contributed by atoms with van der Waals surface area (Å²) in [5, 5.41) is 0. The standard InChI is InChI=1S/C13H17NO2/c1-3-10-14(11-4-2)13(15)16-12-8-6-5-7-9-12/h3,5-9H,1,4,10-11H2,2H3. The SMILES string of the molecule is C=CCN(CCC)C(=O)Oc1ccccc1. The molecule has 0 N–H and O–H groups in total. The summed E-state index contributed by atoms with van der Waals surface area (Å²) in [5.41, 5.74) is 0. The second-order valence-electron chi connectivity index (χ2n) is 3.42. The van der Waals surface area contributed by atoms with Crippen LogP contribution in [-0.4, -0.2) is 24.1 Å². The molecule has 0 heterocycles. The molecule has 1 aromatic carbocycles. The summed E-state index contributed by atoms with van der Waals surface area (Å²) in [5.74, 6) is 0.567. The van der Waals surface area contributed by atoms with Gasteiger partial charge in [-0.15, -0.1) is 6.58 Å². The van der Waals surface area contributed by atoms with Gasteiger partial charge in [-0.25, -0.2) is 4.79 Å². The number of nitrogens with zero attached hydrogens (tertiary/aromatic N) is 1. The number of carbonyl (C=O) groups is 1. The predicted octanol–water partition coefficient (Wildman–Crippen LogP) is 3.08. The number of carbonyl (C=O) groups excluding carboxylic acids is 1. The predicted molar refractivity (Wildman–Crippen MR) is 64.5 cm³/mol. The lowest BCUT2D eigenvalue weighted by atomic mass is 10.3. The Bertz CT molecular complexity index is 335. The number of amides is 1. The zero-order chi connectivity index (χ0) is 11.8. The van der Waals surface area contributed by atoms with Crippen LogP contribution in [-0.2, 0) is 0 Å². The van der Waals surface area contributed by atoms with Gasteiger partial charge in [0.25, 0.3) is 0 Å². The number of para-hydroxylation sites is 1. The Morgan fingerprint density at radius 1 is 1.44 bits per heavy atom. The van der Waals surface area contributed by atoms with Crippen molar-refractivity contribution in [2.45, 2.75) is 13.3 Å². The van der Waals surface area contributed by atoms with Crippen molar-refractivity contribution < 1.29 is 9.53 Å². The Kier molecular flexibility index (Phi) is 5.12. The summed E-state index contributed by atoms with van der Waals surface area (Å²) >= 11 is 0. The summed E-state index contributed by atoms with van der Waals surface area (Å²) in [4.78, 5) is 13.4. The van der Waals surface area contributed by atoms with Crippen molar-refractivity contribution in [3.05, 3.63) is 43.0 Å². The Hall–Kier alpha value is -1.77. The van der Waals surface area contributed by atoms with E-state index in [9.17, 15) is 4.79 Å². The van der Waals surface area contributed by atoms with Crippen LogP contribution in [0.2, 0.25) is 0 Å². The quantitative estimate of drug-likeness (QED) is 0.712. The minimum absolute atomic E-state index is 0.326. The van der Waals surface area contributed by atoms with Crippen LogP contribution in [0.25, 0.3) is 0 Å². The Balaban J connectivity index is 2.58. The van der Waals surface area contributed by atoms with Crippen molar-refractivity contribution in [1.82, 2.24) is 4.90 Å². The molecule has 0 bridgehead atoms. The van der Waals surface area contributed by atoms with Gasteiger partial charge in [-0.3, -0.25) is 0 Å². The van der Waals surface area contributed by atoms with Gasteiger partial charge in [-0.1, -0.05) is 31.2 Å². The number of hydrogen-bond acceptors (Lipinski definition) is 2. The maximum absolute atomic E-state index is 11.7. The maximum atomic E-state index is 11.7. The van der Waals surface area contributed by atoms with E-state index in [4.69, 9.17) is 4.74 Å². The fourth-order valence-corrected chi connectivity index (χ4v) is 1.34. The van der Waals surface area contributed by atoms with Crippen LogP contribution in [0.3, 0.4) is 0 Å². The zero-order valence-corrected chi connectivity index (χ0v) is 9.56. The molecule has 0 saturated heterocycles. The summed E-state index contributed by atoms with van der Waals surface area (Å²) < 4.78 is 5.22. The molecule has 3 nitrogen and oxygen atoms in total. The van der Waals surface area contributed by atoms with Crippen LogP contribution in [0.15, 0.2) is 43.0 Å². The van der Waals surface area contributed by atoms with E-state index in [-0.39, 0.29) is 6.09 Å². The van der Waals surface area contributed by atoms with Gasteiger partial charge in [0.1, 0.15) is 5.75 Å². The minimum Gasteiger partial charge on any atom is -0.410 e. The van der Waals surface area contributed by atoms with Crippen molar-refractivity contribution in [3.8, 4) is 5.75 Å². The highest BCUT2D eigenvalue weighted by molar-refractivity contribution is 5.70. The average Bonchev–Trinajstić information content (AvgIpc) is 2.30. The zero-order valence-electron chi connectivity index (χ0n) is 9.56. The van der Waals surface area contributed by atoms with Gasteiger partial charge in [-0.2, -0.15) is 0 Å². The molecule has 0 unspecified atom stereocenters. The largest absolute Gasteiger partial charge is 0.415 e. The molecule has 1 aromatic rings. The molecular formula is C13H17NO2. The summed E-state index contributed by atoms with van der Waals surface area (Å²) in [7, 11) is 0. The molecule has 0 spiro atoms. The van der Waals surface area contributed by atoms with Crippen molar-refractivity contribution in [3.63, 3.8) is 0 Å². The van der Waals surface area contributed by atoms with E-state index in [1.165, 1.54) is 0 Å². The molecule has 0 atom stereocenters. The molecular weight excluding hydrogens is 202 g/mol. The van der Waals surface area contributed by atoms with Gasteiger partial charge >= 0.3 is 6.09 Å². The second kappa shape index (κ2) is 6.67. The van der Waals surface area contributed by atoms with Crippen LogP contribution in [0.5, 0.6) is 5.75 Å². The highest BCUT2D eigenvalue weighted by Crippen LogP contribution is 2.10. The van der Waals surface area contributed by atoms with E-state index in [0.29, 0.717) is 18.8 Å². The Morgan fingerprint density at radius 2 is 2.12 bits per heavy atom. The highest BCUT2D eigenvalue weighted by Gasteiger charge is 2.12. The lowest BCUT2D eigenvalue weighted by molar-refractivity contribution is 0.157. The third-order valence-corrected chi connectivity index (χ3v) is 2.05. The van der Waals surface area contributed by atoms with Crippen molar-refractivity contribution in [2.75, 3.05) is 13.1 Å². The maximum Gasteiger partial charge on any atom is 0.415 e. The van der Waals surface area contributed by atoms with Gasteiger partial charge in [0.05, 0.1) is 0 Å². The second-order valence-corrected chi connectivity index (χ2v) is 3.42. The Labute approximate surface area is 96.3 Å². The third-order valence-electron chi connectivity index (χ3n) is 2.05. The monoisotopic (exact) mass is 219 g/mol. The summed E-state index contributed by atoms with van der Waals surface area (Å²) in [6.45, 7) is 6.83. The molecule has 0 aromatic heterocycles. The van der Waals surface area contributed by atoms with Gasteiger partial charge in [0.15, 0.2) is 0 Å². The van der Waals surface area contributed by atoms with Crippen LogP contribution in [0, 0.1) is 0 Å². The molecule has 16 heavy (non-hydrogen) atoms. The first-order valence-electron chi connectivity index (χ1n) is 5.40. The first-order valence-corrected chi connectivity index (χ1v) is 5.40. The molecule has 0 radical (unpaired) electrons. The lowest BCUT2D eigenvalue weighted by Gasteiger charge is -2.19. The first-order chi connectivity index (χ1) is 7.77. The molecule has 1 amide bonds. The van der Waals surface area contributed by atoms with Gasteiger partial charge < -0.3 is 9.64 Å². The number of ether oxygens (including phenoxy) is 1. The van der Waals surface area contributed by atoms with E-state index in [0.717, 1.165) is 6.42 Å². The van der Waals surface area contributed by atoms with Crippen LogP contribution >= 0.6 is 0 Å². The van der Waals surface area contributed by atoms with Gasteiger partial charge in [0, 0.05) is 13.1 Å². The fraction of sp³-hybridized carbons (Fsp3) is 0.308. The van der Waals surface area contributed by atoms with E-state index >= 15 is 0 Å². The summed E-state index contributed by atoms with van der Waals surface area (Å²) in [6, 6.07) is 9.07. The molecule has 0 aliphatic rings.